The molecule has 3 rings (SSSR count). The highest BCUT2D eigenvalue weighted by atomic mass is 35.5. The fraction of sp³-hybridized carbons (Fsp3) is 0.158. The van der Waals surface area contributed by atoms with Crippen LogP contribution in [0.15, 0.2) is 47.4 Å². The standard InChI is InChI=1S/C19H15ClFNO2S2/c1-2-22-18(23)17(26-19(22)25)10-12-6-8-13(9-7-12)24-11-14-15(20)4-3-5-16(14)21/h3-10H,2,11H2,1H3/b17-10+. The maximum absolute atomic E-state index is 13.8. The fourth-order valence-corrected chi connectivity index (χ4v) is 4.01. The normalized spacial score (nSPS) is 15.8. The van der Waals surface area contributed by atoms with Crippen LogP contribution in [0, 0.1) is 5.82 Å². The SMILES string of the molecule is CCN1C(=O)/C(=C\c2ccc(OCc3c(F)cccc3Cl)cc2)SC1=S. The number of rotatable bonds is 5. The van der Waals surface area contributed by atoms with E-state index in [-0.39, 0.29) is 12.5 Å². The van der Waals surface area contributed by atoms with Gasteiger partial charge in [-0.3, -0.25) is 9.69 Å². The van der Waals surface area contributed by atoms with Crippen molar-refractivity contribution in [1.82, 2.24) is 4.90 Å². The summed E-state index contributed by atoms with van der Waals surface area (Å²) in [5.74, 6) is 0.117. The van der Waals surface area contributed by atoms with Crippen LogP contribution in [0.1, 0.15) is 18.1 Å². The quantitative estimate of drug-likeness (QED) is 0.498. The van der Waals surface area contributed by atoms with Crippen molar-refractivity contribution >= 4 is 51.9 Å². The lowest BCUT2D eigenvalue weighted by molar-refractivity contribution is -0.121. The molecule has 0 N–H and O–H groups in total. The van der Waals surface area contributed by atoms with Crippen LogP contribution in [0.4, 0.5) is 4.39 Å². The predicted molar refractivity (Wildman–Crippen MR) is 108 cm³/mol. The number of benzene rings is 2. The number of ether oxygens (including phenoxy) is 1. The van der Waals surface area contributed by atoms with Gasteiger partial charge >= 0.3 is 0 Å². The third kappa shape index (κ3) is 4.09. The molecule has 0 aliphatic carbocycles. The molecule has 1 amide bonds. The van der Waals surface area contributed by atoms with Crippen LogP contribution in [0.3, 0.4) is 0 Å². The molecule has 0 spiro atoms. The first-order valence-electron chi connectivity index (χ1n) is 7.90. The minimum atomic E-state index is -0.396. The number of nitrogens with zero attached hydrogens (tertiary/aromatic N) is 1. The molecule has 2 aromatic carbocycles. The van der Waals surface area contributed by atoms with Crippen LogP contribution in [0.25, 0.3) is 6.08 Å². The number of likely N-dealkylation sites (N-methyl/N-ethyl adjacent to an activating group) is 1. The first-order chi connectivity index (χ1) is 12.5. The number of hydrogen-bond acceptors (Lipinski definition) is 4. The average molecular weight is 408 g/mol. The highest BCUT2D eigenvalue weighted by molar-refractivity contribution is 8.26. The Kier molecular flexibility index (Phi) is 5.96. The first-order valence-corrected chi connectivity index (χ1v) is 9.51. The minimum Gasteiger partial charge on any atom is -0.489 e. The Morgan fingerprint density at radius 2 is 2.00 bits per heavy atom. The minimum absolute atomic E-state index is 0.0417. The summed E-state index contributed by atoms with van der Waals surface area (Å²) in [6.07, 6.45) is 1.80. The van der Waals surface area contributed by atoms with Gasteiger partial charge in [0.05, 0.1) is 9.93 Å². The number of thiocarbonyl (C=S) groups is 1. The van der Waals surface area contributed by atoms with Gasteiger partial charge < -0.3 is 4.74 Å². The number of thioether (sulfide) groups is 1. The lowest BCUT2D eigenvalue weighted by Crippen LogP contribution is -2.27. The molecule has 3 nitrogen and oxygen atoms in total. The monoisotopic (exact) mass is 407 g/mol. The van der Waals surface area contributed by atoms with Gasteiger partial charge in [0.2, 0.25) is 0 Å². The third-order valence-electron chi connectivity index (χ3n) is 3.81. The molecular formula is C19H15ClFNO2S2. The van der Waals surface area contributed by atoms with E-state index in [1.165, 1.54) is 17.8 Å². The molecule has 0 radical (unpaired) electrons. The van der Waals surface area contributed by atoms with Crippen molar-refractivity contribution in [3.63, 3.8) is 0 Å². The van der Waals surface area contributed by atoms with Crippen molar-refractivity contribution in [2.45, 2.75) is 13.5 Å². The van der Waals surface area contributed by atoms with Gasteiger partial charge in [0, 0.05) is 12.1 Å². The van der Waals surface area contributed by atoms with Crippen molar-refractivity contribution in [3.05, 3.63) is 69.3 Å². The molecule has 0 aromatic heterocycles. The zero-order chi connectivity index (χ0) is 18.7. The molecule has 1 heterocycles. The van der Waals surface area contributed by atoms with Gasteiger partial charge in [-0.1, -0.05) is 53.8 Å². The number of carbonyl (C=O) groups is 1. The molecule has 134 valence electrons. The predicted octanol–water partition coefficient (Wildman–Crippen LogP) is 5.28. The topological polar surface area (TPSA) is 29.5 Å². The second kappa shape index (κ2) is 8.20. The Labute approximate surface area is 165 Å². The third-order valence-corrected chi connectivity index (χ3v) is 5.54. The molecule has 0 unspecified atom stereocenters. The Morgan fingerprint density at radius 3 is 2.62 bits per heavy atom. The number of amides is 1. The molecule has 1 aliphatic rings. The fourth-order valence-electron chi connectivity index (χ4n) is 2.41. The number of hydrogen-bond donors (Lipinski definition) is 0. The van der Waals surface area contributed by atoms with E-state index in [0.717, 1.165) is 5.56 Å². The van der Waals surface area contributed by atoms with Crippen LogP contribution in [-0.4, -0.2) is 21.7 Å². The highest BCUT2D eigenvalue weighted by Gasteiger charge is 2.30. The second-order valence-corrected chi connectivity index (χ2v) is 7.57. The Bertz CT molecular complexity index is 863. The molecule has 1 fully saturated rings. The zero-order valence-corrected chi connectivity index (χ0v) is 16.3. The molecule has 7 heteroatoms. The van der Waals surface area contributed by atoms with Gasteiger partial charge in [0.25, 0.3) is 5.91 Å². The lowest BCUT2D eigenvalue weighted by Gasteiger charge is -2.09. The van der Waals surface area contributed by atoms with Gasteiger partial charge in [-0.05, 0) is 42.8 Å². The largest absolute Gasteiger partial charge is 0.489 e. The molecular weight excluding hydrogens is 393 g/mol. The van der Waals surface area contributed by atoms with E-state index in [9.17, 15) is 9.18 Å². The molecule has 0 bridgehead atoms. The summed E-state index contributed by atoms with van der Waals surface area (Å²) in [4.78, 5) is 14.4. The summed E-state index contributed by atoms with van der Waals surface area (Å²) in [5.41, 5.74) is 1.18. The second-order valence-electron chi connectivity index (χ2n) is 5.48. The zero-order valence-electron chi connectivity index (χ0n) is 13.9. The summed E-state index contributed by atoms with van der Waals surface area (Å²) < 4.78 is 19.9. The van der Waals surface area contributed by atoms with E-state index < -0.39 is 5.82 Å². The van der Waals surface area contributed by atoms with Crippen molar-refractivity contribution in [2.75, 3.05) is 6.54 Å². The molecule has 0 atom stereocenters. The van der Waals surface area contributed by atoms with Gasteiger partial charge in [-0.25, -0.2) is 4.39 Å². The van der Waals surface area contributed by atoms with E-state index in [4.69, 9.17) is 28.6 Å². The summed E-state index contributed by atoms with van der Waals surface area (Å²) in [6, 6.07) is 11.7. The summed E-state index contributed by atoms with van der Waals surface area (Å²) in [7, 11) is 0. The highest BCUT2D eigenvalue weighted by Crippen LogP contribution is 2.32. The molecule has 0 saturated carbocycles. The molecule has 26 heavy (non-hydrogen) atoms. The van der Waals surface area contributed by atoms with Crippen LogP contribution >= 0.6 is 35.6 Å². The van der Waals surface area contributed by atoms with Gasteiger partial charge in [-0.2, -0.15) is 0 Å². The van der Waals surface area contributed by atoms with Crippen LogP contribution in [0.5, 0.6) is 5.75 Å². The Morgan fingerprint density at radius 1 is 1.27 bits per heavy atom. The number of carbonyl (C=O) groups excluding carboxylic acids is 1. The van der Waals surface area contributed by atoms with Gasteiger partial charge in [0.1, 0.15) is 22.5 Å². The van der Waals surface area contributed by atoms with E-state index >= 15 is 0 Å². The molecule has 2 aromatic rings. The summed E-state index contributed by atoms with van der Waals surface area (Å²) in [5, 5.41) is 0.333. The molecule has 1 saturated heterocycles. The lowest BCUT2D eigenvalue weighted by atomic mass is 10.2. The summed E-state index contributed by atoms with van der Waals surface area (Å²) in [6.45, 7) is 2.50. The van der Waals surface area contributed by atoms with Crippen LogP contribution < -0.4 is 4.74 Å². The number of halogens is 2. The Balaban J connectivity index is 1.69. The van der Waals surface area contributed by atoms with E-state index in [1.54, 1.807) is 35.2 Å². The van der Waals surface area contributed by atoms with E-state index in [0.29, 0.717) is 32.1 Å². The van der Waals surface area contributed by atoms with Crippen molar-refractivity contribution < 1.29 is 13.9 Å². The Hall–Kier alpha value is -1.89. The van der Waals surface area contributed by atoms with Gasteiger partial charge in [0.15, 0.2) is 0 Å². The first kappa shape index (κ1) is 18.9. The van der Waals surface area contributed by atoms with Crippen LogP contribution in [-0.2, 0) is 11.4 Å². The van der Waals surface area contributed by atoms with E-state index in [2.05, 4.69) is 0 Å². The van der Waals surface area contributed by atoms with Crippen molar-refractivity contribution in [1.29, 1.82) is 0 Å². The molecule has 1 aliphatic heterocycles. The van der Waals surface area contributed by atoms with Gasteiger partial charge in [-0.15, -0.1) is 0 Å². The summed E-state index contributed by atoms with van der Waals surface area (Å²) >= 11 is 12.5. The smallest absolute Gasteiger partial charge is 0.266 e. The van der Waals surface area contributed by atoms with Crippen LogP contribution in [0.2, 0.25) is 5.02 Å². The van der Waals surface area contributed by atoms with Crippen molar-refractivity contribution in [3.8, 4) is 5.75 Å². The maximum Gasteiger partial charge on any atom is 0.266 e. The van der Waals surface area contributed by atoms with E-state index in [1.807, 2.05) is 19.1 Å². The average Bonchev–Trinajstić information content (AvgIpc) is 2.89. The van der Waals surface area contributed by atoms with Crippen molar-refractivity contribution in [2.24, 2.45) is 0 Å². The maximum atomic E-state index is 13.8.